The van der Waals surface area contributed by atoms with E-state index < -0.39 is 0 Å². The average molecular weight is 432 g/mol. The summed E-state index contributed by atoms with van der Waals surface area (Å²) in [6.45, 7) is 9.15. The van der Waals surface area contributed by atoms with Crippen LogP contribution in [0.2, 0.25) is 0 Å². The lowest BCUT2D eigenvalue weighted by molar-refractivity contribution is -0.114. The van der Waals surface area contributed by atoms with E-state index in [-0.39, 0.29) is 36.4 Å². The molecule has 1 atom stereocenters. The number of benzene rings is 1. The number of nitrogens with one attached hydrogen (secondary N) is 3. The van der Waals surface area contributed by atoms with E-state index in [1.165, 1.54) is 5.56 Å². The van der Waals surface area contributed by atoms with Crippen molar-refractivity contribution >= 4 is 41.5 Å². The molecule has 0 aliphatic rings. The highest BCUT2D eigenvalue weighted by Crippen LogP contribution is 2.10. The van der Waals surface area contributed by atoms with Crippen molar-refractivity contribution in [3.8, 4) is 0 Å². The van der Waals surface area contributed by atoms with E-state index in [2.05, 4.69) is 41.7 Å². The minimum atomic E-state index is -0.116. The van der Waals surface area contributed by atoms with Crippen LogP contribution in [0.1, 0.15) is 39.7 Å². The maximum atomic E-state index is 12.0. The summed E-state index contributed by atoms with van der Waals surface area (Å²) in [5.74, 6) is 0.559. The molecule has 0 aromatic heterocycles. The molecule has 1 rings (SSSR count). The molecule has 0 bridgehead atoms. The second kappa shape index (κ2) is 12.2. The monoisotopic (exact) mass is 432 g/mol. The first kappa shape index (κ1) is 21.7. The van der Waals surface area contributed by atoms with Gasteiger partial charge in [-0.2, -0.15) is 0 Å². The molecule has 0 spiro atoms. The molecule has 1 aromatic rings. The van der Waals surface area contributed by atoms with Crippen molar-refractivity contribution in [1.29, 1.82) is 0 Å². The second-order valence-electron chi connectivity index (χ2n) is 5.25. The Morgan fingerprint density at radius 3 is 2.61 bits per heavy atom. The van der Waals surface area contributed by atoms with Gasteiger partial charge in [0.05, 0.1) is 0 Å². The fourth-order valence-electron chi connectivity index (χ4n) is 1.88. The molecule has 0 saturated heterocycles. The van der Waals surface area contributed by atoms with Crippen LogP contribution in [0, 0.1) is 0 Å². The smallest absolute Gasteiger partial charge is 0.246 e. The summed E-state index contributed by atoms with van der Waals surface area (Å²) in [6.07, 6.45) is 1.95. The van der Waals surface area contributed by atoms with E-state index in [4.69, 9.17) is 0 Å². The molecular weight excluding hydrogens is 403 g/mol. The Kier molecular flexibility index (Phi) is 11.5. The standard InChI is InChI=1S/C17H28N4O.HI/c1-5-13(4)20-17(18-7-3)19-12-16(22)21-15-10-8-9-14(6-2)11-15;/h8-11,13H,5-7,12H2,1-4H3,(H,21,22)(H2,18,19,20);1H. The van der Waals surface area contributed by atoms with Crippen molar-refractivity contribution in [3.05, 3.63) is 29.8 Å². The number of hydrogen-bond donors (Lipinski definition) is 3. The Hall–Kier alpha value is -1.31. The molecule has 130 valence electrons. The van der Waals surface area contributed by atoms with Crippen LogP contribution < -0.4 is 16.0 Å². The number of anilines is 1. The summed E-state index contributed by atoms with van der Waals surface area (Å²) in [5, 5.41) is 9.29. The Morgan fingerprint density at radius 1 is 1.26 bits per heavy atom. The van der Waals surface area contributed by atoms with Gasteiger partial charge in [-0.15, -0.1) is 24.0 Å². The quantitative estimate of drug-likeness (QED) is 0.352. The first-order valence-electron chi connectivity index (χ1n) is 8.02. The van der Waals surface area contributed by atoms with Gasteiger partial charge in [-0.25, -0.2) is 4.99 Å². The first-order chi connectivity index (χ1) is 10.6. The number of rotatable bonds is 7. The lowest BCUT2D eigenvalue weighted by Gasteiger charge is -2.16. The van der Waals surface area contributed by atoms with Crippen LogP contribution in [0.4, 0.5) is 5.69 Å². The second-order valence-corrected chi connectivity index (χ2v) is 5.25. The number of carbonyl (C=O) groups is 1. The van der Waals surface area contributed by atoms with Crippen molar-refractivity contribution in [1.82, 2.24) is 10.6 Å². The van der Waals surface area contributed by atoms with Gasteiger partial charge in [-0.05, 0) is 44.4 Å². The lowest BCUT2D eigenvalue weighted by atomic mass is 10.1. The summed E-state index contributed by atoms with van der Waals surface area (Å²) in [6, 6.07) is 8.20. The van der Waals surface area contributed by atoms with E-state index >= 15 is 0 Å². The zero-order valence-electron chi connectivity index (χ0n) is 14.5. The number of guanidine groups is 1. The summed E-state index contributed by atoms with van der Waals surface area (Å²) >= 11 is 0. The molecule has 1 unspecified atom stereocenters. The van der Waals surface area contributed by atoms with Crippen LogP contribution in [0.5, 0.6) is 0 Å². The zero-order chi connectivity index (χ0) is 16.4. The van der Waals surface area contributed by atoms with Crippen LogP contribution in [0.25, 0.3) is 0 Å². The summed E-state index contributed by atoms with van der Waals surface area (Å²) < 4.78 is 0. The maximum absolute atomic E-state index is 12.0. The molecule has 0 radical (unpaired) electrons. The third-order valence-electron chi connectivity index (χ3n) is 3.34. The summed E-state index contributed by atoms with van der Waals surface area (Å²) in [7, 11) is 0. The van der Waals surface area contributed by atoms with Crippen molar-refractivity contribution in [2.75, 3.05) is 18.4 Å². The number of amides is 1. The zero-order valence-corrected chi connectivity index (χ0v) is 16.8. The van der Waals surface area contributed by atoms with E-state index in [0.29, 0.717) is 12.0 Å². The molecule has 1 aromatic carbocycles. The molecule has 3 N–H and O–H groups in total. The van der Waals surface area contributed by atoms with Gasteiger partial charge in [0.1, 0.15) is 6.54 Å². The fraction of sp³-hybridized carbons (Fsp3) is 0.529. The van der Waals surface area contributed by atoms with Gasteiger partial charge in [0.15, 0.2) is 5.96 Å². The van der Waals surface area contributed by atoms with Gasteiger partial charge >= 0.3 is 0 Å². The van der Waals surface area contributed by atoms with E-state index in [0.717, 1.165) is 25.1 Å². The molecule has 0 aliphatic carbocycles. The maximum Gasteiger partial charge on any atom is 0.246 e. The van der Waals surface area contributed by atoms with Crippen LogP contribution >= 0.6 is 24.0 Å². The third kappa shape index (κ3) is 8.78. The predicted molar refractivity (Wildman–Crippen MR) is 109 cm³/mol. The predicted octanol–water partition coefficient (Wildman–Crippen LogP) is 3.16. The van der Waals surface area contributed by atoms with Crippen molar-refractivity contribution in [2.45, 2.75) is 46.6 Å². The largest absolute Gasteiger partial charge is 0.357 e. The molecule has 0 aliphatic heterocycles. The molecule has 1 amide bonds. The van der Waals surface area contributed by atoms with Crippen molar-refractivity contribution < 1.29 is 4.79 Å². The van der Waals surface area contributed by atoms with E-state index in [1.54, 1.807) is 0 Å². The number of hydrogen-bond acceptors (Lipinski definition) is 2. The third-order valence-corrected chi connectivity index (χ3v) is 3.34. The fourth-order valence-corrected chi connectivity index (χ4v) is 1.88. The highest BCUT2D eigenvalue weighted by atomic mass is 127. The van der Waals surface area contributed by atoms with Crippen molar-refractivity contribution in [3.63, 3.8) is 0 Å². The van der Waals surface area contributed by atoms with Crippen LogP contribution in [0.3, 0.4) is 0 Å². The van der Waals surface area contributed by atoms with Crippen molar-refractivity contribution in [2.24, 2.45) is 4.99 Å². The molecule has 6 heteroatoms. The van der Waals surface area contributed by atoms with E-state index in [9.17, 15) is 4.79 Å². The number of aliphatic imine (C=N–C) groups is 1. The topological polar surface area (TPSA) is 65.5 Å². The molecule has 0 fully saturated rings. The normalized spacial score (nSPS) is 12.1. The number of aryl methyl sites for hydroxylation is 1. The Bertz CT molecular complexity index is 505. The highest BCUT2D eigenvalue weighted by molar-refractivity contribution is 14.0. The average Bonchev–Trinajstić information content (AvgIpc) is 2.52. The van der Waals surface area contributed by atoms with E-state index in [1.807, 2.05) is 31.2 Å². The molecular formula is C17H29IN4O. The van der Waals surface area contributed by atoms with Crippen LogP contribution in [-0.2, 0) is 11.2 Å². The van der Waals surface area contributed by atoms with Gasteiger partial charge in [-0.1, -0.05) is 26.0 Å². The molecule has 0 heterocycles. The Balaban J connectivity index is 0.00000484. The van der Waals surface area contributed by atoms with Gasteiger partial charge in [0, 0.05) is 18.3 Å². The minimum Gasteiger partial charge on any atom is -0.357 e. The lowest BCUT2D eigenvalue weighted by Crippen LogP contribution is -2.42. The van der Waals surface area contributed by atoms with Crippen LogP contribution in [0.15, 0.2) is 29.3 Å². The first-order valence-corrected chi connectivity index (χ1v) is 8.02. The summed E-state index contributed by atoms with van der Waals surface area (Å²) in [4.78, 5) is 16.3. The number of nitrogens with zero attached hydrogens (tertiary/aromatic N) is 1. The van der Waals surface area contributed by atoms with Gasteiger partial charge in [-0.3, -0.25) is 4.79 Å². The highest BCUT2D eigenvalue weighted by Gasteiger charge is 2.05. The number of carbonyl (C=O) groups excluding carboxylic acids is 1. The molecule has 0 saturated carbocycles. The molecule has 23 heavy (non-hydrogen) atoms. The van der Waals surface area contributed by atoms with Gasteiger partial charge in [0.2, 0.25) is 5.91 Å². The van der Waals surface area contributed by atoms with Gasteiger partial charge < -0.3 is 16.0 Å². The summed E-state index contributed by atoms with van der Waals surface area (Å²) in [5.41, 5.74) is 2.02. The number of halogens is 1. The SMILES string of the molecule is CCNC(=NCC(=O)Nc1cccc(CC)c1)NC(C)CC.I. The minimum absolute atomic E-state index is 0. The Labute approximate surface area is 156 Å². The van der Waals surface area contributed by atoms with Gasteiger partial charge in [0.25, 0.3) is 0 Å². The van der Waals surface area contributed by atoms with Crippen LogP contribution in [-0.4, -0.2) is 31.0 Å². The Morgan fingerprint density at radius 2 is 2.00 bits per heavy atom. The molecule has 5 nitrogen and oxygen atoms in total.